The van der Waals surface area contributed by atoms with Gasteiger partial charge in [-0.2, -0.15) is 4.31 Å². The van der Waals surface area contributed by atoms with Gasteiger partial charge in [0.1, 0.15) is 10.9 Å². The molecule has 0 radical (unpaired) electrons. The summed E-state index contributed by atoms with van der Waals surface area (Å²) in [6, 6.07) is 0.280. The number of carbonyl (C=O) groups is 1. The first-order valence-corrected chi connectivity index (χ1v) is 7.69. The first kappa shape index (κ1) is 14.7. The number of esters is 1. The topological polar surface area (TPSA) is 96.5 Å². The molecule has 1 unspecified atom stereocenters. The normalized spacial score (nSPS) is 20.6. The molecule has 1 saturated heterocycles. The highest BCUT2D eigenvalue weighted by Crippen LogP contribution is 2.24. The summed E-state index contributed by atoms with van der Waals surface area (Å²) >= 11 is 0. The van der Waals surface area contributed by atoms with Crippen molar-refractivity contribution in [2.45, 2.75) is 30.2 Å². The quantitative estimate of drug-likeness (QED) is 0.798. The molecule has 1 fully saturated rings. The standard InChI is InChI=1S/C12H16N2O5S/c1-19-12(16)9-4-2-3-7-14(9)20(17,18)11-8-13-6-5-10(11)15/h5-6,8-9H,2-4,7H2,1H3,(H,13,15). The number of methoxy groups -OCH3 is 1. The first-order valence-electron chi connectivity index (χ1n) is 6.25. The minimum atomic E-state index is -4.01. The van der Waals surface area contributed by atoms with Crippen LogP contribution in [0.1, 0.15) is 19.3 Å². The highest BCUT2D eigenvalue weighted by molar-refractivity contribution is 7.89. The molecule has 1 N–H and O–H groups in total. The van der Waals surface area contributed by atoms with Gasteiger partial charge in [0.15, 0.2) is 0 Å². The molecule has 0 saturated carbocycles. The number of nitrogens with one attached hydrogen (secondary N) is 1. The Hall–Kier alpha value is -1.67. The maximum Gasteiger partial charge on any atom is 0.324 e. The molecular formula is C12H16N2O5S. The number of hydrogen-bond acceptors (Lipinski definition) is 5. The Bertz CT molecular complexity index is 652. The molecule has 0 aromatic carbocycles. The average molecular weight is 300 g/mol. The van der Waals surface area contributed by atoms with Crippen LogP contribution in [0.4, 0.5) is 0 Å². The molecular weight excluding hydrogens is 284 g/mol. The van der Waals surface area contributed by atoms with Crippen LogP contribution in [0.2, 0.25) is 0 Å². The largest absolute Gasteiger partial charge is 0.468 e. The molecule has 7 nitrogen and oxygen atoms in total. The molecule has 1 aromatic heterocycles. The average Bonchev–Trinajstić information content (AvgIpc) is 2.46. The first-order chi connectivity index (χ1) is 9.48. The zero-order valence-electron chi connectivity index (χ0n) is 11.0. The van der Waals surface area contributed by atoms with Crippen molar-refractivity contribution >= 4 is 16.0 Å². The number of H-pyrrole nitrogens is 1. The van der Waals surface area contributed by atoms with Crippen molar-refractivity contribution in [1.29, 1.82) is 0 Å². The molecule has 1 aliphatic rings. The minimum absolute atomic E-state index is 0.205. The Kier molecular flexibility index (Phi) is 4.24. The Morgan fingerprint density at radius 1 is 1.45 bits per heavy atom. The summed E-state index contributed by atoms with van der Waals surface area (Å²) in [5.41, 5.74) is -0.599. The van der Waals surface area contributed by atoms with Gasteiger partial charge in [-0.05, 0) is 19.3 Å². The summed E-state index contributed by atoms with van der Waals surface area (Å²) in [5, 5.41) is 0. The van der Waals surface area contributed by atoms with Gasteiger partial charge in [0.2, 0.25) is 15.5 Å². The van der Waals surface area contributed by atoms with E-state index in [9.17, 15) is 18.0 Å². The second-order valence-electron chi connectivity index (χ2n) is 4.52. The summed E-state index contributed by atoms with van der Waals surface area (Å²) in [7, 11) is -2.79. The maximum absolute atomic E-state index is 12.5. The van der Waals surface area contributed by atoms with E-state index in [1.165, 1.54) is 13.3 Å². The van der Waals surface area contributed by atoms with Crippen molar-refractivity contribution in [3.8, 4) is 0 Å². The second-order valence-corrected chi connectivity index (χ2v) is 6.38. The smallest absolute Gasteiger partial charge is 0.324 e. The van der Waals surface area contributed by atoms with Crippen LogP contribution in [0.25, 0.3) is 0 Å². The van der Waals surface area contributed by atoms with E-state index >= 15 is 0 Å². The molecule has 20 heavy (non-hydrogen) atoms. The lowest BCUT2D eigenvalue weighted by atomic mass is 10.1. The molecule has 1 aliphatic heterocycles. The van der Waals surface area contributed by atoms with Crippen molar-refractivity contribution in [2.24, 2.45) is 0 Å². The highest BCUT2D eigenvalue weighted by atomic mass is 32.2. The van der Waals surface area contributed by atoms with E-state index in [2.05, 4.69) is 9.72 Å². The third-order valence-corrected chi connectivity index (χ3v) is 5.23. The molecule has 1 atom stereocenters. The van der Waals surface area contributed by atoms with Gasteiger partial charge in [0, 0.05) is 25.0 Å². The molecule has 0 spiro atoms. The molecule has 2 rings (SSSR count). The fourth-order valence-corrected chi connectivity index (χ4v) is 3.98. The van der Waals surface area contributed by atoms with Crippen molar-refractivity contribution in [3.05, 3.63) is 28.7 Å². The molecule has 8 heteroatoms. The highest BCUT2D eigenvalue weighted by Gasteiger charge is 2.39. The van der Waals surface area contributed by atoms with Crippen LogP contribution in [0.15, 0.2) is 28.2 Å². The number of sulfonamides is 1. The van der Waals surface area contributed by atoms with Gasteiger partial charge in [-0.1, -0.05) is 0 Å². The number of hydrogen-bond donors (Lipinski definition) is 1. The Labute approximate surface area is 116 Å². The SMILES string of the molecule is COC(=O)C1CCCCN1S(=O)(=O)c1c[nH]ccc1=O. The van der Waals surface area contributed by atoms with Crippen LogP contribution >= 0.6 is 0 Å². The van der Waals surface area contributed by atoms with Crippen molar-refractivity contribution in [2.75, 3.05) is 13.7 Å². The van der Waals surface area contributed by atoms with Gasteiger partial charge in [-0.3, -0.25) is 9.59 Å². The number of ether oxygens (including phenoxy) is 1. The lowest BCUT2D eigenvalue weighted by molar-refractivity contribution is -0.146. The molecule has 1 aromatic rings. The predicted octanol–water partition coefficient (Wildman–Crippen LogP) is 0.0911. The van der Waals surface area contributed by atoms with Crippen molar-refractivity contribution < 1.29 is 17.9 Å². The number of carbonyl (C=O) groups excluding carboxylic acids is 1. The lowest BCUT2D eigenvalue weighted by Gasteiger charge is -2.32. The van der Waals surface area contributed by atoms with Crippen LogP contribution in [-0.2, 0) is 19.6 Å². The van der Waals surface area contributed by atoms with Gasteiger partial charge in [0.05, 0.1) is 7.11 Å². The summed E-state index contributed by atoms with van der Waals surface area (Å²) in [4.78, 5) is 25.7. The number of nitrogens with zero attached hydrogens (tertiary/aromatic N) is 1. The maximum atomic E-state index is 12.5. The van der Waals surface area contributed by atoms with Crippen LogP contribution in [0, 0.1) is 0 Å². The van der Waals surface area contributed by atoms with E-state index in [0.717, 1.165) is 23.0 Å². The molecule has 0 bridgehead atoms. The minimum Gasteiger partial charge on any atom is -0.468 e. The Balaban J connectivity index is 2.44. The monoisotopic (exact) mass is 300 g/mol. The fourth-order valence-electron chi connectivity index (χ4n) is 2.29. The predicted molar refractivity (Wildman–Crippen MR) is 70.6 cm³/mol. The Morgan fingerprint density at radius 3 is 2.85 bits per heavy atom. The van der Waals surface area contributed by atoms with Gasteiger partial charge in [-0.25, -0.2) is 8.42 Å². The molecule has 0 amide bonds. The summed E-state index contributed by atoms with van der Waals surface area (Å²) < 4.78 is 30.8. The Morgan fingerprint density at radius 2 is 2.20 bits per heavy atom. The fraction of sp³-hybridized carbons (Fsp3) is 0.500. The van der Waals surface area contributed by atoms with E-state index < -0.39 is 27.5 Å². The van der Waals surface area contributed by atoms with Crippen LogP contribution in [-0.4, -0.2) is 43.4 Å². The number of aromatic amines is 1. The summed E-state index contributed by atoms with van der Waals surface area (Å²) in [6.45, 7) is 0.205. The second kappa shape index (κ2) is 5.76. The summed E-state index contributed by atoms with van der Waals surface area (Å²) in [6.07, 6.45) is 4.29. The zero-order chi connectivity index (χ0) is 14.8. The van der Waals surface area contributed by atoms with Crippen molar-refractivity contribution in [1.82, 2.24) is 9.29 Å². The molecule has 110 valence electrons. The summed E-state index contributed by atoms with van der Waals surface area (Å²) in [5.74, 6) is -0.597. The zero-order valence-corrected chi connectivity index (χ0v) is 11.9. The third kappa shape index (κ3) is 2.61. The number of piperidine rings is 1. The van der Waals surface area contributed by atoms with Gasteiger partial charge >= 0.3 is 5.97 Å². The number of aromatic nitrogens is 1. The van der Waals surface area contributed by atoms with E-state index in [0.29, 0.717) is 12.8 Å². The van der Waals surface area contributed by atoms with E-state index in [-0.39, 0.29) is 11.4 Å². The molecule has 2 heterocycles. The third-order valence-electron chi connectivity index (χ3n) is 3.30. The van der Waals surface area contributed by atoms with E-state index in [1.807, 2.05) is 0 Å². The van der Waals surface area contributed by atoms with Gasteiger partial charge < -0.3 is 9.72 Å². The van der Waals surface area contributed by atoms with Gasteiger partial charge in [0.25, 0.3) is 0 Å². The number of rotatable bonds is 3. The van der Waals surface area contributed by atoms with Crippen LogP contribution < -0.4 is 5.43 Å². The van der Waals surface area contributed by atoms with Crippen LogP contribution in [0.3, 0.4) is 0 Å². The van der Waals surface area contributed by atoms with E-state index in [1.54, 1.807) is 0 Å². The van der Waals surface area contributed by atoms with Crippen LogP contribution in [0.5, 0.6) is 0 Å². The van der Waals surface area contributed by atoms with Gasteiger partial charge in [-0.15, -0.1) is 0 Å². The van der Waals surface area contributed by atoms with E-state index in [4.69, 9.17) is 0 Å². The van der Waals surface area contributed by atoms with Crippen molar-refractivity contribution in [3.63, 3.8) is 0 Å². The molecule has 0 aliphatic carbocycles. The number of pyridine rings is 1. The lowest BCUT2D eigenvalue weighted by Crippen LogP contribution is -2.49.